The summed E-state index contributed by atoms with van der Waals surface area (Å²) in [7, 11) is 0. The Morgan fingerprint density at radius 3 is 2.52 bits per heavy atom. The van der Waals surface area contributed by atoms with Crippen LogP contribution in [0.15, 0.2) is 83.3 Å². The molecule has 10 heteroatoms. The molecule has 0 aliphatic heterocycles. The largest absolute Gasteiger partial charge is 0.451 e. The summed E-state index contributed by atoms with van der Waals surface area (Å²) in [5.41, 5.74) is 3.10. The van der Waals surface area contributed by atoms with Crippen molar-refractivity contribution in [1.29, 1.82) is 0 Å². The topological polar surface area (TPSA) is 116 Å². The summed E-state index contributed by atoms with van der Waals surface area (Å²) in [6.07, 6.45) is 0. The van der Waals surface area contributed by atoms with Crippen molar-refractivity contribution in [2.24, 2.45) is 0 Å². The first kappa shape index (κ1) is 20.4. The summed E-state index contributed by atoms with van der Waals surface area (Å²) < 4.78 is 5.64. The summed E-state index contributed by atoms with van der Waals surface area (Å²) >= 11 is 6.04. The number of benzene rings is 3. The summed E-state index contributed by atoms with van der Waals surface area (Å²) in [6, 6.07) is 21.4. The number of non-ortho nitro benzene ring substituents is 1. The first-order valence-corrected chi connectivity index (χ1v) is 10.1. The minimum Gasteiger partial charge on any atom is -0.451 e. The second-order valence-corrected chi connectivity index (χ2v) is 7.53. The van der Waals surface area contributed by atoms with Gasteiger partial charge in [0.1, 0.15) is 16.8 Å². The molecule has 1 amide bonds. The molecular formula is C23H14ClN5O4. The number of anilines is 1. The van der Waals surface area contributed by atoms with E-state index in [1.165, 1.54) is 16.9 Å². The second kappa shape index (κ2) is 8.21. The molecule has 0 unspecified atom stereocenters. The zero-order valence-electron chi connectivity index (χ0n) is 16.8. The summed E-state index contributed by atoms with van der Waals surface area (Å²) in [4.78, 5) is 24.5. The maximum Gasteiger partial charge on any atom is 0.291 e. The van der Waals surface area contributed by atoms with Crippen molar-refractivity contribution in [1.82, 2.24) is 15.0 Å². The highest BCUT2D eigenvalue weighted by atomic mass is 35.5. The van der Waals surface area contributed by atoms with E-state index >= 15 is 0 Å². The van der Waals surface area contributed by atoms with Crippen LogP contribution in [0.4, 0.5) is 11.4 Å². The number of fused-ring (bicyclic) bond motifs is 1. The van der Waals surface area contributed by atoms with Gasteiger partial charge in [0, 0.05) is 28.4 Å². The third-order valence-electron chi connectivity index (χ3n) is 4.87. The number of aromatic nitrogens is 3. The van der Waals surface area contributed by atoms with E-state index in [1.54, 1.807) is 54.6 Å². The third kappa shape index (κ3) is 4.17. The molecule has 0 spiro atoms. The fraction of sp³-hybridized carbons (Fsp3) is 0. The molecule has 0 aliphatic rings. The van der Waals surface area contributed by atoms with Crippen LogP contribution in [0, 0.1) is 10.1 Å². The van der Waals surface area contributed by atoms with Crippen molar-refractivity contribution >= 4 is 39.9 Å². The molecule has 1 N–H and O–H groups in total. The Morgan fingerprint density at radius 1 is 0.970 bits per heavy atom. The smallest absolute Gasteiger partial charge is 0.291 e. The quantitative estimate of drug-likeness (QED) is 0.274. The third-order valence-corrected chi connectivity index (χ3v) is 5.10. The van der Waals surface area contributed by atoms with Gasteiger partial charge in [-0.3, -0.25) is 14.9 Å². The second-order valence-electron chi connectivity index (χ2n) is 7.09. The fourth-order valence-corrected chi connectivity index (χ4v) is 3.45. The van der Waals surface area contributed by atoms with Crippen molar-refractivity contribution in [3.05, 3.63) is 99.8 Å². The Morgan fingerprint density at radius 2 is 1.76 bits per heavy atom. The highest BCUT2D eigenvalue weighted by molar-refractivity contribution is 6.30. The predicted molar refractivity (Wildman–Crippen MR) is 123 cm³/mol. The van der Waals surface area contributed by atoms with Crippen LogP contribution in [0.25, 0.3) is 28.0 Å². The molecular weight excluding hydrogens is 446 g/mol. The van der Waals surface area contributed by atoms with Crippen LogP contribution in [0.2, 0.25) is 5.02 Å². The van der Waals surface area contributed by atoms with Gasteiger partial charge in [0.25, 0.3) is 11.6 Å². The Hall–Kier alpha value is -4.50. The Balaban J connectivity index is 1.34. The molecule has 0 aliphatic carbocycles. The van der Waals surface area contributed by atoms with E-state index in [0.29, 0.717) is 33.1 Å². The van der Waals surface area contributed by atoms with Gasteiger partial charge in [-0.15, -0.1) is 10.2 Å². The van der Waals surface area contributed by atoms with Crippen LogP contribution >= 0.6 is 11.6 Å². The van der Waals surface area contributed by atoms with Crippen LogP contribution in [0.5, 0.6) is 0 Å². The van der Waals surface area contributed by atoms with Gasteiger partial charge in [0.05, 0.1) is 10.6 Å². The summed E-state index contributed by atoms with van der Waals surface area (Å²) in [5, 5.41) is 23.0. The number of amides is 1. The number of hydrogen-bond acceptors (Lipinski definition) is 6. The van der Waals surface area contributed by atoms with E-state index in [9.17, 15) is 14.9 Å². The molecule has 9 nitrogen and oxygen atoms in total. The molecule has 0 atom stereocenters. The number of nitro groups is 1. The lowest BCUT2D eigenvalue weighted by Gasteiger charge is -2.02. The average Bonchev–Trinajstić information content (AvgIpc) is 3.46. The lowest BCUT2D eigenvalue weighted by molar-refractivity contribution is -0.384. The monoisotopic (exact) mass is 459 g/mol. The molecule has 0 saturated heterocycles. The molecule has 3 aromatic carbocycles. The molecule has 162 valence electrons. The van der Waals surface area contributed by atoms with E-state index in [2.05, 4.69) is 15.5 Å². The van der Waals surface area contributed by atoms with Crippen molar-refractivity contribution in [2.75, 3.05) is 5.32 Å². The predicted octanol–water partition coefficient (Wildman–Crippen LogP) is 5.49. The van der Waals surface area contributed by atoms with Gasteiger partial charge in [-0.25, -0.2) is 0 Å². The number of nitrogens with zero attached hydrogens (tertiary/aromatic N) is 4. The van der Waals surface area contributed by atoms with Gasteiger partial charge < -0.3 is 9.73 Å². The van der Waals surface area contributed by atoms with Crippen molar-refractivity contribution in [3.63, 3.8) is 0 Å². The number of halogens is 1. The fourth-order valence-electron chi connectivity index (χ4n) is 3.26. The summed E-state index contributed by atoms with van der Waals surface area (Å²) in [6.45, 7) is 0. The molecule has 2 aromatic heterocycles. The molecule has 2 heterocycles. The normalized spacial score (nSPS) is 10.9. The number of furan rings is 1. The van der Waals surface area contributed by atoms with Crippen molar-refractivity contribution in [2.45, 2.75) is 0 Å². The maximum atomic E-state index is 12.7. The Kier molecular flexibility index (Phi) is 5.08. The highest BCUT2D eigenvalue weighted by Gasteiger charge is 2.15. The molecule has 0 radical (unpaired) electrons. The zero-order valence-corrected chi connectivity index (χ0v) is 17.6. The van der Waals surface area contributed by atoms with Gasteiger partial charge in [0.15, 0.2) is 5.76 Å². The molecule has 0 saturated carbocycles. The van der Waals surface area contributed by atoms with Crippen LogP contribution < -0.4 is 5.32 Å². The van der Waals surface area contributed by atoms with E-state index in [0.717, 1.165) is 5.69 Å². The number of nitro benzene ring substituents is 1. The number of hydrogen-bond donors (Lipinski definition) is 1. The number of nitrogens with one attached hydrogen (secondary N) is 1. The van der Waals surface area contributed by atoms with Crippen LogP contribution in [0.1, 0.15) is 10.6 Å². The zero-order chi connectivity index (χ0) is 22.9. The first-order chi connectivity index (χ1) is 16.0. The van der Waals surface area contributed by atoms with E-state index in [-0.39, 0.29) is 11.4 Å². The first-order valence-electron chi connectivity index (χ1n) is 9.75. The minimum absolute atomic E-state index is 0.0223. The van der Waals surface area contributed by atoms with Gasteiger partial charge in [0.2, 0.25) is 0 Å². The van der Waals surface area contributed by atoms with Crippen LogP contribution in [-0.4, -0.2) is 25.8 Å². The molecule has 0 bridgehead atoms. The lowest BCUT2D eigenvalue weighted by Crippen LogP contribution is -2.10. The molecule has 0 fully saturated rings. The molecule has 33 heavy (non-hydrogen) atoms. The highest BCUT2D eigenvalue weighted by Crippen LogP contribution is 2.25. The van der Waals surface area contributed by atoms with Gasteiger partial charge in [-0.1, -0.05) is 17.7 Å². The Labute approximate surface area is 191 Å². The molecule has 5 aromatic rings. The van der Waals surface area contributed by atoms with E-state index in [1.807, 2.05) is 12.1 Å². The van der Waals surface area contributed by atoms with Crippen molar-refractivity contribution < 1.29 is 14.1 Å². The summed E-state index contributed by atoms with van der Waals surface area (Å²) in [5.74, 6) is 0.0886. The van der Waals surface area contributed by atoms with Gasteiger partial charge in [-0.05, 0) is 60.7 Å². The standard InChI is InChI=1S/C23H14ClN5O4/c24-15-2-1-3-18(12-15)28-26-19-9-6-16(13-20(19)27-28)25-23(30)22-11-10-21(33-22)14-4-7-17(8-5-14)29(31)32/h1-13H,(H,25,30). The van der Waals surface area contributed by atoms with Gasteiger partial charge in [-0.2, -0.15) is 4.80 Å². The minimum atomic E-state index is -0.477. The van der Waals surface area contributed by atoms with E-state index in [4.69, 9.17) is 16.0 Å². The Bertz CT molecular complexity index is 1510. The van der Waals surface area contributed by atoms with E-state index < -0.39 is 10.8 Å². The SMILES string of the molecule is O=C(Nc1ccc2nn(-c3cccc(Cl)c3)nc2c1)c1ccc(-c2ccc([N+](=O)[O-])cc2)o1. The average molecular weight is 460 g/mol. The van der Waals surface area contributed by atoms with Crippen LogP contribution in [-0.2, 0) is 0 Å². The number of carbonyl (C=O) groups excluding carboxylic acids is 1. The lowest BCUT2D eigenvalue weighted by atomic mass is 10.1. The number of carbonyl (C=O) groups is 1. The van der Waals surface area contributed by atoms with Gasteiger partial charge >= 0.3 is 0 Å². The maximum absolute atomic E-state index is 12.7. The van der Waals surface area contributed by atoms with Crippen molar-refractivity contribution in [3.8, 4) is 17.0 Å². The number of rotatable bonds is 5. The van der Waals surface area contributed by atoms with Crippen LogP contribution in [0.3, 0.4) is 0 Å². The molecule has 5 rings (SSSR count).